The van der Waals surface area contributed by atoms with Crippen molar-refractivity contribution >= 4 is 0 Å². The Hall–Kier alpha value is -0.800. The van der Waals surface area contributed by atoms with Crippen LogP contribution >= 0.6 is 0 Å². The van der Waals surface area contributed by atoms with E-state index in [1.165, 1.54) is 0 Å². The maximum atomic E-state index is 5.49. The van der Waals surface area contributed by atoms with Gasteiger partial charge in [-0.1, -0.05) is 13.8 Å². The molecule has 0 aliphatic heterocycles. The highest BCUT2D eigenvalue weighted by Crippen LogP contribution is 2.21. The summed E-state index contributed by atoms with van der Waals surface area (Å²) in [4.78, 5) is 0. The molecule has 0 aliphatic carbocycles. The molecule has 0 saturated heterocycles. The number of aryl methyl sites for hydroxylation is 1. The predicted molar refractivity (Wildman–Crippen MR) is 53.0 cm³/mol. The van der Waals surface area contributed by atoms with E-state index < -0.39 is 0 Å². The van der Waals surface area contributed by atoms with Crippen molar-refractivity contribution in [2.75, 3.05) is 0 Å². The highest BCUT2D eigenvalue weighted by atomic mass is 16.3. The van der Waals surface area contributed by atoms with Crippen molar-refractivity contribution in [2.24, 2.45) is 11.8 Å². The molecule has 3 N–H and O–H groups in total. The van der Waals surface area contributed by atoms with Gasteiger partial charge in [0.05, 0.1) is 6.04 Å². The Balaban J connectivity index is 2.66. The van der Waals surface area contributed by atoms with Crippen molar-refractivity contribution < 1.29 is 4.42 Å². The molecule has 0 bridgehead atoms. The van der Waals surface area contributed by atoms with E-state index in [4.69, 9.17) is 10.3 Å². The van der Waals surface area contributed by atoms with Crippen LogP contribution in [0.15, 0.2) is 16.5 Å². The van der Waals surface area contributed by atoms with Gasteiger partial charge in [0, 0.05) is 0 Å². The van der Waals surface area contributed by atoms with Crippen molar-refractivity contribution in [3.05, 3.63) is 23.7 Å². The topological polar surface area (TPSA) is 51.2 Å². The van der Waals surface area contributed by atoms with E-state index in [0.717, 1.165) is 17.9 Å². The maximum Gasteiger partial charge on any atom is 0.122 e. The fourth-order valence-corrected chi connectivity index (χ4v) is 1.38. The highest BCUT2D eigenvalue weighted by Gasteiger charge is 2.14. The number of hydrogen-bond acceptors (Lipinski definition) is 3. The van der Waals surface area contributed by atoms with Crippen molar-refractivity contribution in [3.63, 3.8) is 0 Å². The lowest BCUT2D eigenvalue weighted by molar-refractivity contribution is 0.358. The number of nitrogens with one attached hydrogen (secondary N) is 1. The Labute approximate surface area is 79.3 Å². The molecule has 1 heterocycles. The third-order valence-electron chi connectivity index (χ3n) is 2.01. The van der Waals surface area contributed by atoms with E-state index >= 15 is 0 Å². The Kier molecular flexibility index (Phi) is 3.51. The van der Waals surface area contributed by atoms with Gasteiger partial charge in [-0.05, 0) is 31.4 Å². The summed E-state index contributed by atoms with van der Waals surface area (Å²) < 4.78 is 5.49. The minimum Gasteiger partial charge on any atom is -0.465 e. The van der Waals surface area contributed by atoms with Gasteiger partial charge < -0.3 is 4.42 Å². The maximum absolute atomic E-state index is 5.49. The summed E-state index contributed by atoms with van der Waals surface area (Å²) in [5.41, 5.74) is 2.77. The summed E-state index contributed by atoms with van der Waals surface area (Å²) in [6.45, 7) is 6.27. The van der Waals surface area contributed by atoms with Crippen molar-refractivity contribution in [2.45, 2.75) is 33.2 Å². The summed E-state index contributed by atoms with van der Waals surface area (Å²) in [7, 11) is 0. The van der Waals surface area contributed by atoms with Gasteiger partial charge in [-0.3, -0.25) is 5.84 Å². The van der Waals surface area contributed by atoms with Gasteiger partial charge in [-0.25, -0.2) is 5.43 Å². The van der Waals surface area contributed by atoms with Gasteiger partial charge >= 0.3 is 0 Å². The lowest BCUT2D eigenvalue weighted by atomic mass is 10.0. The first-order valence-corrected chi connectivity index (χ1v) is 4.66. The Morgan fingerprint density at radius 1 is 1.46 bits per heavy atom. The fraction of sp³-hybridized carbons (Fsp3) is 0.600. The molecule has 1 atom stereocenters. The third-order valence-corrected chi connectivity index (χ3v) is 2.01. The number of furan rings is 1. The zero-order valence-corrected chi connectivity index (χ0v) is 8.50. The Morgan fingerprint density at radius 2 is 2.15 bits per heavy atom. The molecule has 0 spiro atoms. The molecule has 3 heteroatoms. The summed E-state index contributed by atoms with van der Waals surface area (Å²) in [5.74, 6) is 7.91. The molecule has 1 aromatic heterocycles. The first-order chi connectivity index (χ1) is 6.13. The van der Waals surface area contributed by atoms with Crippen LogP contribution in [0.1, 0.15) is 37.8 Å². The Morgan fingerprint density at radius 3 is 2.54 bits per heavy atom. The standard InChI is InChI=1S/C10H18N2O/c1-7(2)6-9(12-11)10-5-4-8(3)13-10/h4-5,7,9,12H,6,11H2,1-3H3. The third kappa shape index (κ3) is 2.86. The van der Waals surface area contributed by atoms with E-state index in [2.05, 4.69) is 19.3 Å². The van der Waals surface area contributed by atoms with Crippen molar-refractivity contribution in [1.82, 2.24) is 5.43 Å². The summed E-state index contributed by atoms with van der Waals surface area (Å²) >= 11 is 0. The fourth-order valence-electron chi connectivity index (χ4n) is 1.38. The van der Waals surface area contributed by atoms with Gasteiger partial charge in [-0.15, -0.1) is 0 Å². The zero-order chi connectivity index (χ0) is 9.84. The molecule has 1 unspecified atom stereocenters. The zero-order valence-electron chi connectivity index (χ0n) is 8.50. The minimum absolute atomic E-state index is 0.133. The molecule has 3 nitrogen and oxygen atoms in total. The monoisotopic (exact) mass is 182 g/mol. The lowest BCUT2D eigenvalue weighted by Gasteiger charge is -2.15. The molecule has 1 rings (SSSR count). The van der Waals surface area contributed by atoms with Crippen molar-refractivity contribution in [1.29, 1.82) is 0 Å². The smallest absolute Gasteiger partial charge is 0.122 e. The molecule has 0 saturated carbocycles. The average molecular weight is 182 g/mol. The number of nitrogens with two attached hydrogens (primary N) is 1. The van der Waals surface area contributed by atoms with Crippen LogP contribution in [0.25, 0.3) is 0 Å². The van der Waals surface area contributed by atoms with Crippen LogP contribution in [-0.4, -0.2) is 0 Å². The quantitative estimate of drug-likeness (QED) is 0.554. The number of hydrogen-bond donors (Lipinski definition) is 2. The second kappa shape index (κ2) is 4.44. The summed E-state index contributed by atoms with van der Waals surface area (Å²) in [5, 5.41) is 0. The number of rotatable bonds is 4. The predicted octanol–water partition coefficient (Wildman–Crippen LogP) is 2.14. The molecule has 0 fully saturated rings. The van der Waals surface area contributed by atoms with Crippen molar-refractivity contribution in [3.8, 4) is 0 Å². The molecule has 0 aromatic carbocycles. The SMILES string of the molecule is Cc1ccc(C(CC(C)C)NN)o1. The van der Waals surface area contributed by atoms with Crippen LogP contribution in [0.2, 0.25) is 0 Å². The molecule has 0 amide bonds. The lowest BCUT2D eigenvalue weighted by Crippen LogP contribution is -2.28. The van der Waals surface area contributed by atoms with Gasteiger partial charge in [0.25, 0.3) is 0 Å². The van der Waals surface area contributed by atoms with Crippen LogP contribution in [0.4, 0.5) is 0 Å². The molecule has 74 valence electrons. The highest BCUT2D eigenvalue weighted by molar-refractivity contribution is 5.09. The molecule has 0 radical (unpaired) electrons. The second-order valence-electron chi connectivity index (χ2n) is 3.80. The second-order valence-corrected chi connectivity index (χ2v) is 3.80. The normalized spacial score (nSPS) is 13.6. The molecule has 1 aromatic rings. The van der Waals surface area contributed by atoms with Gasteiger partial charge in [0.15, 0.2) is 0 Å². The molecule has 13 heavy (non-hydrogen) atoms. The van der Waals surface area contributed by atoms with E-state index in [1.54, 1.807) is 0 Å². The van der Waals surface area contributed by atoms with Gasteiger partial charge in [0.2, 0.25) is 0 Å². The minimum atomic E-state index is 0.133. The van der Waals surface area contributed by atoms with Crippen LogP contribution in [0.5, 0.6) is 0 Å². The average Bonchev–Trinajstić information content (AvgIpc) is 2.47. The Bertz CT molecular complexity index is 255. The van der Waals surface area contributed by atoms with Gasteiger partial charge in [-0.2, -0.15) is 0 Å². The van der Waals surface area contributed by atoms with E-state index in [9.17, 15) is 0 Å². The molecular formula is C10H18N2O. The van der Waals surface area contributed by atoms with Crippen LogP contribution in [0.3, 0.4) is 0 Å². The largest absolute Gasteiger partial charge is 0.465 e. The summed E-state index contributed by atoms with van der Waals surface area (Å²) in [6.07, 6.45) is 0.990. The van der Waals surface area contributed by atoms with Crippen LogP contribution < -0.4 is 11.3 Å². The van der Waals surface area contributed by atoms with Gasteiger partial charge in [0.1, 0.15) is 11.5 Å². The van der Waals surface area contributed by atoms with E-state index in [0.29, 0.717) is 5.92 Å². The van der Waals surface area contributed by atoms with Crippen LogP contribution in [-0.2, 0) is 0 Å². The van der Waals surface area contributed by atoms with E-state index in [1.807, 2.05) is 19.1 Å². The molecular weight excluding hydrogens is 164 g/mol. The summed E-state index contributed by atoms with van der Waals surface area (Å²) in [6, 6.07) is 4.07. The van der Waals surface area contributed by atoms with E-state index in [-0.39, 0.29) is 6.04 Å². The molecule has 0 aliphatic rings. The number of hydrazine groups is 1. The van der Waals surface area contributed by atoms with Crippen LogP contribution in [0, 0.1) is 12.8 Å². The first kappa shape index (κ1) is 10.3. The first-order valence-electron chi connectivity index (χ1n) is 4.66.